The highest BCUT2D eigenvalue weighted by atomic mass is 16.6. The number of carbonyl (C=O) groups is 1. The number of fused-ring (bicyclic) bond motifs is 1. The zero-order valence-corrected chi connectivity index (χ0v) is 16.1. The van der Waals surface area contributed by atoms with Gasteiger partial charge in [-0.3, -0.25) is 14.9 Å². The summed E-state index contributed by atoms with van der Waals surface area (Å²) in [5.74, 6) is -0.704. The monoisotopic (exact) mass is 387 g/mol. The van der Waals surface area contributed by atoms with Gasteiger partial charge in [0.25, 0.3) is 0 Å². The maximum absolute atomic E-state index is 13.5. The molecule has 4 rings (SSSR count). The molecule has 0 bridgehead atoms. The zero-order valence-electron chi connectivity index (χ0n) is 16.1. The summed E-state index contributed by atoms with van der Waals surface area (Å²) in [4.78, 5) is 24.9. The van der Waals surface area contributed by atoms with E-state index in [0.29, 0.717) is 16.9 Å². The molecule has 0 aromatic heterocycles. The lowest BCUT2D eigenvalue weighted by molar-refractivity contribution is -0.484. The minimum Gasteiger partial charge on any atom is -0.425 e. The third kappa shape index (κ3) is 3.09. The number of rotatable bonds is 6. The van der Waals surface area contributed by atoms with Crippen molar-refractivity contribution < 1.29 is 14.5 Å². The number of benzene rings is 3. The van der Waals surface area contributed by atoms with Crippen LogP contribution in [-0.2, 0) is 16.6 Å². The van der Waals surface area contributed by atoms with Crippen LogP contribution in [0.3, 0.4) is 0 Å². The molecule has 29 heavy (non-hydrogen) atoms. The fraction of sp³-hybridized carbons (Fsp3) is 0.208. The Labute approximate surface area is 169 Å². The van der Waals surface area contributed by atoms with E-state index < -0.39 is 17.3 Å². The average molecular weight is 387 g/mol. The predicted octanol–water partition coefficient (Wildman–Crippen LogP) is 4.51. The molecule has 5 nitrogen and oxygen atoms in total. The van der Waals surface area contributed by atoms with Gasteiger partial charge in [0.15, 0.2) is 0 Å². The Balaban J connectivity index is 2.06. The Hall–Kier alpha value is -3.47. The summed E-state index contributed by atoms with van der Waals surface area (Å²) < 4.78 is 5.70. The van der Waals surface area contributed by atoms with Gasteiger partial charge in [0, 0.05) is 10.5 Å². The normalized spacial score (nSPS) is 18.7. The Morgan fingerprint density at radius 2 is 1.66 bits per heavy atom. The highest BCUT2D eigenvalue weighted by Gasteiger charge is 2.57. The smallest absolute Gasteiger partial charge is 0.327 e. The fourth-order valence-corrected chi connectivity index (χ4v) is 4.32. The number of carbonyl (C=O) groups excluding carboxylic acids is 1. The van der Waals surface area contributed by atoms with E-state index in [1.807, 2.05) is 79.7 Å². The standard InChI is InChI=1S/C24H21NO4/c1-2-17-13-14-22-20(15-17)24(23(26)29-22,19-11-7-4-8-12-19)21(16-25(27)28)18-9-5-3-6-10-18/h3-15,21H,2,16H2,1H3/t21-,24+/m1/s1. The van der Waals surface area contributed by atoms with Crippen molar-refractivity contribution >= 4 is 5.97 Å². The van der Waals surface area contributed by atoms with Gasteiger partial charge >= 0.3 is 5.97 Å². The highest BCUT2D eigenvalue weighted by Crippen LogP contribution is 2.53. The van der Waals surface area contributed by atoms with Crippen LogP contribution in [0.25, 0.3) is 0 Å². The van der Waals surface area contributed by atoms with Crippen LogP contribution in [0, 0.1) is 10.1 Å². The van der Waals surface area contributed by atoms with E-state index in [0.717, 1.165) is 17.5 Å². The van der Waals surface area contributed by atoms with Gasteiger partial charge in [0.2, 0.25) is 6.54 Å². The van der Waals surface area contributed by atoms with Gasteiger partial charge in [-0.1, -0.05) is 79.7 Å². The van der Waals surface area contributed by atoms with E-state index in [1.54, 1.807) is 6.07 Å². The minimum atomic E-state index is -1.28. The summed E-state index contributed by atoms with van der Waals surface area (Å²) in [6, 6.07) is 24.2. The van der Waals surface area contributed by atoms with Gasteiger partial charge in [0.1, 0.15) is 11.2 Å². The molecule has 1 aliphatic heterocycles. The van der Waals surface area contributed by atoms with Crippen LogP contribution in [0.1, 0.15) is 35.1 Å². The molecule has 146 valence electrons. The SMILES string of the molecule is CCc1ccc2c(c1)[C@@](c1ccccc1)([C@H](C[N+](=O)[O-])c1ccccc1)C(=O)O2. The molecule has 0 N–H and O–H groups in total. The second-order valence-electron chi connectivity index (χ2n) is 7.23. The molecule has 0 unspecified atom stereocenters. The second kappa shape index (κ2) is 7.51. The van der Waals surface area contributed by atoms with E-state index in [-0.39, 0.29) is 11.5 Å². The first-order valence-corrected chi connectivity index (χ1v) is 9.65. The number of hydrogen-bond donors (Lipinski definition) is 0. The van der Waals surface area contributed by atoms with Crippen LogP contribution in [-0.4, -0.2) is 17.4 Å². The predicted molar refractivity (Wildman–Crippen MR) is 110 cm³/mol. The molecule has 0 saturated heterocycles. The molecule has 0 radical (unpaired) electrons. The lowest BCUT2D eigenvalue weighted by Crippen LogP contribution is -2.44. The lowest BCUT2D eigenvalue weighted by Gasteiger charge is -2.33. The third-order valence-corrected chi connectivity index (χ3v) is 5.69. The number of hydrogen-bond acceptors (Lipinski definition) is 4. The largest absolute Gasteiger partial charge is 0.425 e. The second-order valence-corrected chi connectivity index (χ2v) is 7.23. The van der Waals surface area contributed by atoms with Crippen molar-refractivity contribution in [2.45, 2.75) is 24.7 Å². The van der Waals surface area contributed by atoms with Gasteiger partial charge in [0.05, 0.1) is 5.92 Å². The van der Waals surface area contributed by atoms with Gasteiger partial charge in [-0.15, -0.1) is 0 Å². The molecule has 1 aliphatic rings. The van der Waals surface area contributed by atoms with Crippen molar-refractivity contribution in [3.8, 4) is 5.75 Å². The van der Waals surface area contributed by atoms with E-state index in [9.17, 15) is 14.9 Å². The van der Waals surface area contributed by atoms with Gasteiger partial charge in [-0.2, -0.15) is 0 Å². The number of ether oxygens (including phenoxy) is 1. The van der Waals surface area contributed by atoms with Gasteiger partial charge in [-0.05, 0) is 29.2 Å². The van der Waals surface area contributed by atoms with Crippen molar-refractivity contribution in [1.29, 1.82) is 0 Å². The Kier molecular flexibility index (Phi) is 4.89. The zero-order chi connectivity index (χ0) is 20.4. The van der Waals surface area contributed by atoms with E-state index in [1.165, 1.54) is 0 Å². The van der Waals surface area contributed by atoms with E-state index in [2.05, 4.69) is 0 Å². The van der Waals surface area contributed by atoms with Crippen LogP contribution in [0.5, 0.6) is 5.75 Å². The topological polar surface area (TPSA) is 69.4 Å². The number of aryl methyl sites for hydroxylation is 1. The van der Waals surface area contributed by atoms with Crippen molar-refractivity contribution in [3.05, 3.63) is 111 Å². The lowest BCUT2D eigenvalue weighted by atomic mass is 9.64. The van der Waals surface area contributed by atoms with Crippen molar-refractivity contribution in [1.82, 2.24) is 0 Å². The molecule has 0 fully saturated rings. The first-order valence-electron chi connectivity index (χ1n) is 9.65. The highest BCUT2D eigenvalue weighted by molar-refractivity contribution is 5.96. The van der Waals surface area contributed by atoms with Crippen molar-refractivity contribution in [2.75, 3.05) is 6.54 Å². The first-order chi connectivity index (χ1) is 14.1. The van der Waals surface area contributed by atoms with Gasteiger partial charge < -0.3 is 4.74 Å². The molecular formula is C24H21NO4. The quantitative estimate of drug-likeness (QED) is 0.270. The van der Waals surface area contributed by atoms with Crippen LogP contribution in [0.4, 0.5) is 0 Å². The Morgan fingerprint density at radius 1 is 1.00 bits per heavy atom. The van der Waals surface area contributed by atoms with E-state index >= 15 is 0 Å². The molecule has 0 saturated carbocycles. The summed E-state index contributed by atoms with van der Waals surface area (Å²) in [5, 5.41) is 11.7. The van der Waals surface area contributed by atoms with Crippen molar-refractivity contribution in [2.24, 2.45) is 0 Å². The molecule has 3 aromatic rings. The number of nitro groups is 1. The Bertz CT molecular complexity index is 1050. The molecule has 5 heteroatoms. The van der Waals surface area contributed by atoms with Crippen LogP contribution < -0.4 is 4.74 Å². The van der Waals surface area contributed by atoms with Crippen LogP contribution in [0.15, 0.2) is 78.9 Å². The maximum Gasteiger partial charge on any atom is 0.327 e. The summed E-state index contributed by atoms with van der Waals surface area (Å²) in [5.41, 5.74) is 1.91. The summed E-state index contributed by atoms with van der Waals surface area (Å²) in [7, 11) is 0. The molecule has 2 atom stereocenters. The molecule has 0 spiro atoms. The number of nitrogens with zero attached hydrogens (tertiary/aromatic N) is 1. The molecule has 3 aromatic carbocycles. The molecule has 1 heterocycles. The van der Waals surface area contributed by atoms with Crippen LogP contribution in [0.2, 0.25) is 0 Å². The number of esters is 1. The van der Waals surface area contributed by atoms with Gasteiger partial charge in [-0.25, -0.2) is 0 Å². The average Bonchev–Trinajstić information content (AvgIpc) is 3.04. The minimum absolute atomic E-state index is 0.350. The summed E-state index contributed by atoms with van der Waals surface area (Å²) in [6.07, 6.45) is 0.789. The third-order valence-electron chi connectivity index (χ3n) is 5.69. The summed E-state index contributed by atoms with van der Waals surface area (Å²) in [6.45, 7) is 1.65. The van der Waals surface area contributed by atoms with Crippen molar-refractivity contribution in [3.63, 3.8) is 0 Å². The van der Waals surface area contributed by atoms with Crippen LogP contribution >= 0.6 is 0 Å². The molecule has 0 amide bonds. The Morgan fingerprint density at radius 3 is 2.28 bits per heavy atom. The molecular weight excluding hydrogens is 366 g/mol. The first kappa shape index (κ1) is 18.9. The maximum atomic E-state index is 13.5. The van der Waals surface area contributed by atoms with E-state index in [4.69, 9.17) is 4.74 Å². The fourth-order valence-electron chi connectivity index (χ4n) is 4.32. The molecule has 0 aliphatic carbocycles. The summed E-state index contributed by atoms with van der Waals surface area (Å²) >= 11 is 0.